The average molecular weight is 674 g/mol. The van der Waals surface area contributed by atoms with Crippen molar-refractivity contribution in [1.82, 2.24) is 39.1 Å². The Bertz CT molecular complexity index is 1940. The first-order valence-electron chi connectivity index (χ1n) is 13.0. The van der Waals surface area contributed by atoms with E-state index in [1.165, 1.54) is 6.20 Å². The molecule has 0 amide bonds. The van der Waals surface area contributed by atoms with Crippen LogP contribution in [-0.2, 0) is 36.7 Å². The van der Waals surface area contributed by atoms with E-state index in [1.54, 1.807) is 0 Å². The van der Waals surface area contributed by atoms with Gasteiger partial charge in [-0.25, -0.2) is 24.1 Å². The Morgan fingerprint density at radius 1 is 0.933 bits per heavy atom. The van der Waals surface area contributed by atoms with E-state index in [1.807, 2.05) is 0 Å². The SMILES string of the molecule is Nc1nc2c(ncn2[C@@H]2OC3COP(=O)(O)O[C@H]4[C@@H](O)[C@H](c5cnn6c(N)ncnc56)O[C@@H]4COP(=O)(O)O[C@@H]2[C@@H]3O)c(=O)[nH]1. The summed E-state index contributed by atoms with van der Waals surface area (Å²) in [7, 11) is -10.2. The molecule has 3 aliphatic rings. The van der Waals surface area contributed by atoms with Crippen LogP contribution in [0.5, 0.6) is 0 Å². The minimum atomic E-state index is -5.11. The number of H-pyrrole nitrogens is 1. The van der Waals surface area contributed by atoms with Gasteiger partial charge in [0.2, 0.25) is 11.9 Å². The van der Waals surface area contributed by atoms with Gasteiger partial charge in [0.05, 0.1) is 25.7 Å². The molecule has 0 spiro atoms. The molecule has 4 aromatic heterocycles. The first-order valence-corrected chi connectivity index (χ1v) is 16.0. The molecule has 0 saturated carbocycles. The number of imidazole rings is 1. The lowest BCUT2D eigenvalue weighted by molar-refractivity contribution is -0.0636. The summed E-state index contributed by atoms with van der Waals surface area (Å²) in [5.41, 5.74) is 10.8. The third-order valence-electron chi connectivity index (χ3n) is 7.35. The molecule has 0 aromatic carbocycles. The maximum absolute atomic E-state index is 13.2. The number of phosphoric acid groups is 2. The molecule has 7 rings (SSSR count). The van der Waals surface area contributed by atoms with Crippen molar-refractivity contribution < 1.29 is 56.7 Å². The first-order chi connectivity index (χ1) is 21.3. The van der Waals surface area contributed by atoms with Crippen LogP contribution in [0.3, 0.4) is 0 Å². The van der Waals surface area contributed by atoms with Crippen LogP contribution in [-0.4, -0.2) is 109 Å². The number of nitrogen functional groups attached to an aromatic ring is 2. The molecular formula is C20H24N10O13P2. The maximum atomic E-state index is 13.2. The van der Waals surface area contributed by atoms with Gasteiger partial charge in [-0.2, -0.15) is 14.6 Å². The van der Waals surface area contributed by atoms with Crippen molar-refractivity contribution >= 4 is 44.4 Å². The Balaban J connectivity index is 1.21. The molecule has 3 aliphatic heterocycles. The van der Waals surface area contributed by atoms with Crippen LogP contribution in [0.1, 0.15) is 17.9 Å². The summed E-state index contributed by atoms with van der Waals surface area (Å²) < 4.78 is 61.0. The number of phosphoric ester groups is 2. The quantitative estimate of drug-likeness (QED) is 0.108. The zero-order chi connectivity index (χ0) is 31.8. The lowest BCUT2D eigenvalue weighted by Crippen LogP contribution is -2.35. The molecule has 242 valence electrons. The second-order valence-electron chi connectivity index (χ2n) is 10.2. The van der Waals surface area contributed by atoms with E-state index < -0.39 is 83.4 Å². The van der Waals surface area contributed by atoms with Gasteiger partial charge in [0, 0.05) is 5.56 Å². The van der Waals surface area contributed by atoms with E-state index in [4.69, 9.17) is 39.0 Å². The number of aliphatic hydroxyl groups is 2. The van der Waals surface area contributed by atoms with Crippen molar-refractivity contribution in [1.29, 1.82) is 0 Å². The first kappa shape index (κ1) is 30.2. The number of anilines is 2. The van der Waals surface area contributed by atoms with Gasteiger partial charge in [-0.1, -0.05) is 0 Å². The Morgan fingerprint density at radius 3 is 2.40 bits per heavy atom. The normalized spacial score (nSPS) is 37.7. The van der Waals surface area contributed by atoms with Gasteiger partial charge in [-0.15, -0.1) is 0 Å². The fourth-order valence-electron chi connectivity index (χ4n) is 5.34. The number of hydrogen-bond acceptors (Lipinski definition) is 18. The standard InChI is InChI=1S/C20H24N10O13P2/c21-19-27-16-9(17(33)28-19)25-5-29(16)18-14-10(31)7(41-18)2-38-44(34,35)42-13-8(3-39-45(36,37)43-14)40-12(11(13)32)6-1-26-30-15(6)23-4-24-20(30)22/h1,4-5,7-8,10-14,18,31-32H,2-3H2,(H,34,35)(H,36,37)(H2,22,23,24)(H3,21,27,28,33)/t7?,8-,10-,11+,12+,13-,14-,18-/m1/s1. The van der Waals surface area contributed by atoms with Gasteiger partial charge in [0.1, 0.15) is 49.1 Å². The molecule has 3 fully saturated rings. The molecule has 45 heavy (non-hydrogen) atoms. The molecule has 25 heteroatoms. The average Bonchev–Trinajstić information content (AvgIpc) is 3.72. The van der Waals surface area contributed by atoms with E-state index in [9.17, 15) is 33.9 Å². The highest BCUT2D eigenvalue weighted by atomic mass is 31.2. The summed E-state index contributed by atoms with van der Waals surface area (Å²) in [6.07, 6.45) is -9.05. The second kappa shape index (κ2) is 10.8. The monoisotopic (exact) mass is 674 g/mol. The Labute approximate surface area is 248 Å². The third-order valence-corrected chi connectivity index (χ3v) is 9.32. The number of rotatable bonds is 2. The fraction of sp³-hybridized carbons (Fsp3) is 0.500. The molecule has 10 atom stereocenters. The number of aromatic nitrogens is 8. The van der Waals surface area contributed by atoms with Gasteiger partial charge in [0.25, 0.3) is 5.56 Å². The lowest BCUT2D eigenvalue weighted by atomic mass is 10.0. The van der Waals surface area contributed by atoms with E-state index in [0.29, 0.717) is 0 Å². The highest BCUT2D eigenvalue weighted by Gasteiger charge is 2.54. The summed E-state index contributed by atoms with van der Waals surface area (Å²) >= 11 is 0. The third kappa shape index (κ3) is 5.31. The van der Waals surface area contributed by atoms with E-state index in [0.717, 1.165) is 21.7 Å². The van der Waals surface area contributed by atoms with Gasteiger partial charge in [-0.05, 0) is 0 Å². The fourth-order valence-corrected chi connectivity index (χ4v) is 7.23. The summed E-state index contributed by atoms with van der Waals surface area (Å²) in [4.78, 5) is 51.7. The Hall–Kier alpha value is -3.44. The van der Waals surface area contributed by atoms with E-state index in [-0.39, 0.29) is 34.3 Å². The summed E-state index contributed by atoms with van der Waals surface area (Å²) in [6, 6.07) is 0. The van der Waals surface area contributed by atoms with Crippen molar-refractivity contribution in [2.24, 2.45) is 0 Å². The number of aromatic amines is 1. The van der Waals surface area contributed by atoms with E-state index in [2.05, 4.69) is 30.0 Å². The number of nitrogens with one attached hydrogen (secondary N) is 1. The molecule has 3 unspecified atom stereocenters. The van der Waals surface area contributed by atoms with Crippen molar-refractivity contribution in [3.8, 4) is 0 Å². The minimum Gasteiger partial charge on any atom is -0.387 e. The lowest BCUT2D eigenvalue weighted by Gasteiger charge is -2.25. The highest BCUT2D eigenvalue weighted by Crippen LogP contribution is 2.54. The summed E-state index contributed by atoms with van der Waals surface area (Å²) in [5.74, 6) is -0.312. The van der Waals surface area contributed by atoms with Crippen LogP contribution in [0.4, 0.5) is 11.9 Å². The molecule has 0 radical (unpaired) electrons. The minimum absolute atomic E-state index is 0.0282. The zero-order valence-electron chi connectivity index (χ0n) is 22.4. The summed E-state index contributed by atoms with van der Waals surface area (Å²) in [6.45, 7) is -1.64. The Kier molecular flexibility index (Phi) is 7.27. The van der Waals surface area contributed by atoms with Crippen molar-refractivity contribution in [2.45, 2.75) is 49.0 Å². The van der Waals surface area contributed by atoms with Crippen molar-refractivity contribution in [2.75, 3.05) is 24.7 Å². The van der Waals surface area contributed by atoms with Crippen molar-refractivity contribution in [3.63, 3.8) is 0 Å². The number of aliphatic hydroxyl groups excluding tert-OH is 2. The Morgan fingerprint density at radius 2 is 1.64 bits per heavy atom. The van der Waals surface area contributed by atoms with Crippen LogP contribution in [0, 0.1) is 0 Å². The predicted molar refractivity (Wildman–Crippen MR) is 143 cm³/mol. The highest BCUT2D eigenvalue weighted by molar-refractivity contribution is 7.47. The number of hydrogen-bond donors (Lipinski definition) is 7. The van der Waals surface area contributed by atoms with Gasteiger partial charge in [-0.3, -0.25) is 32.4 Å². The number of fused-ring (bicyclic) bond motifs is 5. The van der Waals surface area contributed by atoms with Crippen LogP contribution >= 0.6 is 15.6 Å². The largest absolute Gasteiger partial charge is 0.472 e. The number of ether oxygens (including phenoxy) is 2. The molecule has 23 nitrogen and oxygen atoms in total. The van der Waals surface area contributed by atoms with Gasteiger partial charge < -0.3 is 40.9 Å². The number of nitrogens with zero attached hydrogens (tertiary/aromatic N) is 7. The van der Waals surface area contributed by atoms with Crippen LogP contribution in [0.15, 0.2) is 23.6 Å². The molecule has 9 N–H and O–H groups in total. The van der Waals surface area contributed by atoms with E-state index >= 15 is 0 Å². The number of nitrogens with two attached hydrogens (primary N) is 2. The van der Waals surface area contributed by atoms with Crippen LogP contribution in [0.2, 0.25) is 0 Å². The maximum Gasteiger partial charge on any atom is 0.472 e. The van der Waals surface area contributed by atoms with Gasteiger partial charge >= 0.3 is 15.6 Å². The molecule has 7 heterocycles. The van der Waals surface area contributed by atoms with Crippen LogP contribution < -0.4 is 17.0 Å². The van der Waals surface area contributed by atoms with Gasteiger partial charge in [0.15, 0.2) is 23.0 Å². The predicted octanol–water partition coefficient (Wildman–Crippen LogP) is -2.50. The second-order valence-corrected chi connectivity index (χ2v) is 13.0. The summed E-state index contributed by atoms with van der Waals surface area (Å²) in [5, 5.41) is 26.2. The topological polar surface area (TPSA) is 329 Å². The van der Waals surface area contributed by atoms with Crippen LogP contribution in [0.25, 0.3) is 16.8 Å². The smallest absolute Gasteiger partial charge is 0.387 e. The molecule has 3 saturated heterocycles. The molecule has 0 aliphatic carbocycles. The zero-order valence-corrected chi connectivity index (χ0v) is 24.2. The van der Waals surface area contributed by atoms with Crippen molar-refractivity contribution in [3.05, 3.63) is 34.8 Å². The molecular weight excluding hydrogens is 650 g/mol. The molecule has 4 aromatic rings. The molecule has 2 bridgehead atoms.